The van der Waals surface area contributed by atoms with Crippen molar-refractivity contribution >= 4 is 27.9 Å². The van der Waals surface area contributed by atoms with E-state index in [0.717, 1.165) is 16.3 Å². The fraction of sp³-hybridized carbons (Fsp3) is 0.167. The van der Waals surface area contributed by atoms with Crippen LogP contribution in [0.4, 0.5) is 5.00 Å². The minimum absolute atomic E-state index is 0.253. The number of carbonyl (C=O) groups excluding carboxylic acids is 1. The maximum atomic E-state index is 12.0. The van der Waals surface area contributed by atoms with Gasteiger partial charge in [-0.1, -0.05) is 0 Å². The number of aromatic nitrogens is 4. The maximum absolute atomic E-state index is 12.0. The van der Waals surface area contributed by atoms with Crippen molar-refractivity contribution in [2.75, 3.05) is 5.32 Å². The molecule has 0 aromatic carbocycles. The van der Waals surface area contributed by atoms with Crippen molar-refractivity contribution in [3.05, 3.63) is 40.9 Å². The highest BCUT2D eigenvalue weighted by atomic mass is 32.1. The van der Waals surface area contributed by atoms with Crippen molar-refractivity contribution in [3.8, 4) is 0 Å². The van der Waals surface area contributed by atoms with E-state index in [-0.39, 0.29) is 5.91 Å². The van der Waals surface area contributed by atoms with Gasteiger partial charge in [0.1, 0.15) is 10.7 Å². The summed E-state index contributed by atoms with van der Waals surface area (Å²) in [4.78, 5) is 20.4. The second-order valence-corrected chi connectivity index (χ2v) is 5.34. The van der Waals surface area contributed by atoms with Crippen molar-refractivity contribution in [1.29, 1.82) is 0 Å². The van der Waals surface area contributed by atoms with Crippen LogP contribution >= 0.6 is 11.3 Å². The molecule has 1 N–H and O–H groups in total. The van der Waals surface area contributed by atoms with Gasteiger partial charge < -0.3 is 5.32 Å². The van der Waals surface area contributed by atoms with E-state index in [1.807, 2.05) is 13.8 Å². The molecule has 0 bridgehead atoms. The molecule has 0 spiro atoms. The first-order chi connectivity index (χ1) is 9.11. The predicted molar refractivity (Wildman–Crippen MR) is 72.5 cm³/mol. The molecule has 3 aromatic rings. The molecule has 6 nitrogen and oxygen atoms in total. The summed E-state index contributed by atoms with van der Waals surface area (Å²) in [6.07, 6.45) is 3.42. The van der Waals surface area contributed by atoms with Crippen LogP contribution in [0.15, 0.2) is 24.5 Å². The van der Waals surface area contributed by atoms with Crippen LogP contribution in [0, 0.1) is 13.8 Å². The van der Waals surface area contributed by atoms with E-state index in [9.17, 15) is 4.79 Å². The SMILES string of the molecule is Cc1cn2nc(C(=O)Nc3cnc(C)s3)ccc2n1. The van der Waals surface area contributed by atoms with Crippen LogP contribution in [0.2, 0.25) is 0 Å². The molecule has 1 amide bonds. The van der Waals surface area contributed by atoms with Crippen molar-refractivity contribution in [2.24, 2.45) is 0 Å². The Morgan fingerprint density at radius 3 is 2.95 bits per heavy atom. The lowest BCUT2D eigenvalue weighted by atomic mass is 10.3. The number of aryl methyl sites for hydroxylation is 2. The van der Waals surface area contributed by atoms with E-state index in [0.29, 0.717) is 10.7 Å². The molecule has 0 aliphatic heterocycles. The number of hydrogen-bond acceptors (Lipinski definition) is 5. The van der Waals surface area contributed by atoms with Gasteiger partial charge in [0.15, 0.2) is 5.65 Å². The number of hydrogen-bond donors (Lipinski definition) is 1. The summed E-state index contributed by atoms with van der Waals surface area (Å²) in [5.74, 6) is -0.253. The van der Waals surface area contributed by atoms with Gasteiger partial charge in [0, 0.05) is 0 Å². The van der Waals surface area contributed by atoms with E-state index in [1.165, 1.54) is 11.3 Å². The van der Waals surface area contributed by atoms with Crippen LogP contribution in [0.5, 0.6) is 0 Å². The Hall–Kier alpha value is -2.28. The van der Waals surface area contributed by atoms with Gasteiger partial charge >= 0.3 is 0 Å². The van der Waals surface area contributed by atoms with Gasteiger partial charge in [-0.05, 0) is 26.0 Å². The topological polar surface area (TPSA) is 72.2 Å². The highest BCUT2D eigenvalue weighted by Gasteiger charge is 2.11. The summed E-state index contributed by atoms with van der Waals surface area (Å²) >= 11 is 1.43. The first-order valence-corrected chi connectivity index (χ1v) is 6.50. The molecule has 0 radical (unpaired) electrons. The van der Waals surface area contributed by atoms with Crippen LogP contribution in [0.3, 0.4) is 0 Å². The molecule has 0 unspecified atom stereocenters. The molecule has 7 heteroatoms. The van der Waals surface area contributed by atoms with E-state index in [1.54, 1.807) is 29.0 Å². The number of amides is 1. The normalized spacial score (nSPS) is 10.8. The number of carbonyl (C=O) groups is 1. The van der Waals surface area contributed by atoms with Gasteiger partial charge in [-0.2, -0.15) is 5.10 Å². The third-order valence-corrected chi connectivity index (χ3v) is 3.36. The van der Waals surface area contributed by atoms with Gasteiger partial charge in [0.25, 0.3) is 5.91 Å². The summed E-state index contributed by atoms with van der Waals surface area (Å²) < 4.78 is 1.60. The summed E-state index contributed by atoms with van der Waals surface area (Å²) in [6.45, 7) is 3.77. The van der Waals surface area contributed by atoms with Crippen LogP contribution in [0.25, 0.3) is 5.65 Å². The number of imidazole rings is 1. The lowest BCUT2D eigenvalue weighted by molar-refractivity contribution is 0.102. The third kappa shape index (κ3) is 2.32. The average Bonchev–Trinajstić information content (AvgIpc) is 2.93. The van der Waals surface area contributed by atoms with Crippen molar-refractivity contribution in [2.45, 2.75) is 13.8 Å². The number of rotatable bonds is 2. The molecule has 0 aliphatic rings. The van der Waals surface area contributed by atoms with Gasteiger partial charge in [0.2, 0.25) is 0 Å². The molecule has 0 aliphatic carbocycles. The molecule has 3 rings (SSSR count). The van der Waals surface area contributed by atoms with E-state index in [2.05, 4.69) is 20.4 Å². The quantitative estimate of drug-likeness (QED) is 0.775. The second kappa shape index (κ2) is 4.43. The van der Waals surface area contributed by atoms with Crippen molar-refractivity contribution in [3.63, 3.8) is 0 Å². The van der Waals surface area contributed by atoms with Gasteiger partial charge in [-0.25, -0.2) is 14.5 Å². The lowest BCUT2D eigenvalue weighted by Gasteiger charge is -2.01. The average molecular weight is 273 g/mol. The Balaban J connectivity index is 1.88. The summed E-state index contributed by atoms with van der Waals surface area (Å²) in [6, 6.07) is 3.43. The number of nitrogens with zero attached hydrogens (tertiary/aromatic N) is 4. The molecular weight excluding hydrogens is 262 g/mol. The van der Waals surface area contributed by atoms with Crippen LogP contribution < -0.4 is 5.32 Å². The van der Waals surface area contributed by atoms with Crippen molar-refractivity contribution < 1.29 is 4.79 Å². The molecule has 3 aromatic heterocycles. The van der Waals surface area contributed by atoms with Gasteiger partial charge in [-0.3, -0.25) is 4.79 Å². The predicted octanol–water partition coefficient (Wildman–Crippen LogP) is 2.05. The first kappa shape index (κ1) is 11.8. The first-order valence-electron chi connectivity index (χ1n) is 5.68. The number of nitrogens with one attached hydrogen (secondary N) is 1. The minimum Gasteiger partial charge on any atom is -0.311 e. The smallest absolute Gasteiger partial charge is 0.276 e. The summed E-state index contributed by atoms with van der Waals surface area (Å²) in [7, 11) is 0. The molecular formula is C12H11N5OS. The number of thiazole rings is 1. The summed E-state index contributed by atoms with van der Waals surface area (Å²) in [5, 5.41) is 8.62. The van der Waals surface area contributed by atoms with E-state index in [4.69, 9.17) is 0 Å². The minimum atomic E-state index is -0.253. The maximum Gasteiger partial charge on any atom is 0.276 e. The lowest BCUT2D eigenvalue weighted by Crippen LogP contribution is -2.14. The Labute approximate surface area is 113 Å². The Morgan fingerprint density at radius 2 is 2.21 bits per heavy atom. The monoisotopic (exact) mass is 273 g/mol. The fourth-order valence-corrected chi connectivity index (χ4v) is 2.39. The van der Waals surface area contributed by atoms with Crippen LogP contribution in [-0.2, 0) is 0 Å². The second-order valence-electron chi connectivity index (χ2n) is 4.10. The Bertz CT molecular complexity index is 760. The zero-order valence-electron chi connectivity index (χ0n) is 10.4. The third-order valence-electron chi connectivity index (χ3n) is 2.53. The zero-order valence-corrected chi connectivity index (χ0v) is 11.2. The molecule has 0 atom stereocenters. The fourth-order valence-electron chi connectivity index (χ4n) is 1.72. The zero-order chi connectivity index (χ0) is 13.4. The Morgan fingerprint density at radius 1 is 1.37 bits per heavy atom. The largest absolute Gasteiger partial charge is 0.311 e. The number of anilines is 1. The summed E-state index contributed by atoms with van der Waals surface area (Å²) in [5.41, 5.74) is 1.93. The van der Waals surface area contributed by atoms with E-state index < -0.39 is 0 Å². The highest BCUT2D eigenvalue weighted by Crippen LogP contribution is 2.18. The van der Waals surface area contributed by atoms with Crippen molar-refractivity contribution in [1.82, 2.24) is 19.6 Å². The highest BCUT2D eigenvalue weighted by molar-refractivity contribution is 7.15. The standard InChI is InChI=1S/C12H11N5OS/c1-7-6-17-10(14-7)4-3-9(16-17)12(18)15-11-5-13-8(2)19-11/h3-6H,1-2H3,(H,15,18). The molecule has 0 fully saturated rings. The molecule has 0 saturated heterocycles. The molecule has 0 saturated carbocycles. The van der Waals surface area contributed by atoms with Gasteiger partial charge in [0.05, 0.1) is 23.1 Å². The van der Waals surface area contributed by atoms with Crippen LogP contribution in [0.1, 0.15) is 21.2 Å². The molecule has 19 heavy (non-hydrogen) atoms. The molecule has 96 valence electrons. The van der Waals surface area contributed by atoms with E-state index >= 15 is 0 Å². The number of fused-ring (bicyclic) bond motifs is 1. The molecule has 3 heterocycles. The Kier molecular flexibility index (Phi) is 2.75. The van der Waals surface area contributed by atoms with Crippen LogP contribution in [-0.4, -0.2) is 25.5 Å². The van der Waals surface area contributed by atoms with Gasteiger partial charge in [-0.15, -0.1) is 11.3 Å².